The highest BCUT2D eigenvalue weighted by Crippen LogP contribution is 2.37. The molecule has 0 aliphatic carbocycles. The zero-order valence-corrected chi connectivity index (χ0v) is 14.5. The summed E-state index contributed by atoms with van der Waals surface area (Å²) in [4.78, 5) is 18.7. The molecule has 2 saturated heterocycles. The van der Waals surface area contributed by atoms with Gasteiger partial charge in [-0.2, -0.15) is 0 Å². The van der Waals surface area contributed by atoms with Crippen molar-refractivity contribution < 1.29 is 9.53 Å². The van der Waals surface area contributed by atoms with E-state index in [9.17, 15) is 4.79 Å². The summed E-state index contributed by atoms with van der Waals surface area (Å²) in [5.41, 5.74) is 1.79. The Morgan fingerprint density at radius 1 is 1.26 bits per heavy atom. The van der Waals surface area contributed by atoms with Crippen molar-refractivity contribution in [3.8, 4) is 0 Å². The molecule has 1 amide bonds. The number of hydrogen-bond donors (Lipinski definition) is 1. The molecule has 2 fully saturated rings. The predicted octanol–water partition coefficient (Wildman–Crippen LogP) is 3.73. The number of hydrogen-bond acceptors (Lipinski definition) is 4. The van der Waals surface area contributed by atoms with Gasteiger partial charge in [-0.05, 0) is 65.0 Å². The number of aromatic nitrogens is 1. The van der Waals surface area contributed by atoms with Gasteiger partial charge < -0.3 is 15.0 Å². The van der Waals surface area contributed by atoms with Crippen molar-refractivity contribution in [2.75, 3.05) is 5.32 Å². The van der Waals surface area contributed by atoms with Crippen LogP contribution < -0.4 is 5.32 Å². The fourth-order valence-electron chi connectivity index (χ4n) is 3.78. The fraction of sp³-hybridized carbons (Fsp3) is 0.667. The maximum Gasteiger partial charge on any atom is 0.410 e. The van der Waals surface area contributed by atoms with Crippen LogP contribution in [0, 0.1) is 6.92 Å². The molecule has 0 spiro atoms. The normalized spacial score (nSPS) is 27.0. The molecule has 3 heterocycles. The van der Waals surface area contributed by atoms with Gasteiger partial charge in [0, 0.05) is 30.5 Å². The van der Waals surface area contributed by atoms with Gasteiger partial charge in [0.2, 0.25) is 0 Å². The number of pyridine rings is 1. The molecule has 5 heteroatoms. The second-order valence-corrected chi connectivity index (χ2v) is 7.84. The average Bonchev–Trinajstić information content (AvgIpc) is 2.69. The molecule has 23 heavy (non-hydrogen) atoms. The summed E-state index contributed by atoms with van der Waals surface area (Å²) in [6.45, 7) is 7.82. The van der Waals surface area contributed by atoms with Crippen LogP contribution in [0.2, 0.25) is 0 Å². The first-order chi connectivity index (χ1) is 10.8. The zero-order valence-electron chi connectivity index (χ0n) is 14.5. The van der Waals surface area contributed by atoms with Gasteiger partial charge in [0.25, 0.3) is 0 Å². The number of nitrogens with one attached hydrogen (secondary N) is 1. The highest BCUT2D eigenvalue weighted by atomic mass is 16.6. The number of amides is 1. The number of anilines is 1. The van der Waals surface area contributed by atoms with E-state index in [4.69, 9.17) is 4.74 Å². The second-order valence-electron chi connectivity index (χ2n) is 7.84. The van der Waals surface area contributed by atoms with E-state index in [-0.39, 0.29) is 6.09 Å². The SMILES string of the molecule is Cc1cncc(NC2CC3CCC(C2)N3C(=O)OC(C)(C)C)c1. The number of carbonyl (C=O) groups is 1. The third kappa shape index (κ3) is 3.77. The number of rotatable bonds is 2. The Labute approximate surface area is 138 Å². The Morgan fingerprint density at radius 3 is 2.48 bits per heavy atom. The molecule has 2 aliphatic rings. The second kappa shape index (κ2) is 6.02. The Kier molecular flexibility index (Phi) is 4.21. The van der Waals surface area contributed by atoms with Crippen molar-refractivity contribution >= 4 is 11.8 Å². The van der Waals surface area contributed by atoms with Gasteiger partial charge in [-0.3, -0.25) is 4.98 Å². The fourth-order valence-corrected chi connectivity index (χ4v) is 3.78. The zero-order chi connectivity index (χ0) is 16.6. The summed E-state index contributed by atoms with van der Waals surface area (Å²) in [6, 6.07) is 3.10. The standard InChI is InChI=1S/C18H27N3O2/c1-12-7-14(11-19-10-12)20-13-8-15-5-6-16(9-13)21(15)17(22)23-18(2,3)4/h7,10-11,13,15-16,20H,5-6,8-9H2,1-4H3. The van der Waals surface area contributed by atoms with Gasteiger partial charge in [0.1, 0.15) is 5.60 Å². The topological polar surface area (TPSA) is 54.5 Å². The van der Waals surface area contributed by atoms with Crippen molar-refractivity contribution in [1.82, 2.24) is 9.88 Å². The van der Waals surface area contributed by atoms with Gasteiger partial charge in [-0.25, -0.2) is 4.79 Å². The van der Waals surface area contributed by atoms with Crippen LogP contribution >= 0.6 is 0 Å². The van der Waals surface area contributed by atoms with Crippen molar-refractivity contribution in [1.29, 1.82) is 0 Å². The van der Waals surface area contributed by atoms with Gasteiger partial charge in [-0.1, -0.05) is 0 Å². The van der Waals surface area contributed by atoms with Crippen LogP contribution in [-0.4, -0.2) is 39.7 Å². The lowest BCUT2D eigenvalue weighted by Gasteiger charge is -2.40. The lowest BCUT2D eigenvalue weighted by atomic mass is 9.97. The smallest absolute Gasteiger partial charge is 0.410 e. The van der Waals surface area contributed by atoms with Crippen LogP contribution in [0.3, 0.4) is 0 Å². The first-order valence-corrected chi connectivity index (χ1v) is 8.51. The Hall–Kier alpha value is -1.78. The van der Waals surface area contributed by atoms with E-state index in [1.165, 1.54) is 0 Å². The molecule has 2 bridgehead atoms. The molecule has 3 rings (SSSR count). The number of carbonyl (C=O) groups excluding carboxylic acids is 1. The molecule has 0 aromatic carbocycles. The van der Waals surface area contributed by atoms with E-state index in [2.05, 4.69) is 16.4 Å². The van der Waals surface area contributed by atoms with Crippen molar-refractivity contribution in [2.24, 2.45) is 0 Å². The van der Waals surface area contributed by atoms with E-state index in [1.807, 2.05) is 45.0 Å². The number of piperidine rings is 1. The minimum Gasteiger partial charge on any atom is -0.444 e. The number of ether oxygens (including phenoxy) is 1. The first kappa shape index (κ1) is 16.1. The van der Waals surface area contributed by atoms with Crippen LogP contribution in [0.25, 0.3) is 0 Å². The summed E-state index contributed by atoms with van der Waals surface area (Å²) < 4.78 is 5.58. The Bertz CT molecular complexity index is 568. The van der Waals surface area contributed by atoms with Crippen LogP contribution in [-0.2, 0) is 4.74 Å². The van der Waals surface area contributed by atoms with Gasteiger partial charge in [0.05, 0.1) is 5.69 Å². The molecule has 126 valence electrons. The van der Waals surface area contributed by atoms with Gasteiger partial charge in [-0.15, -0.1) is 0 Å². The molecule has 0 saturated carbocycles. The summed E-state index contributed by atoms with van der Waals surface area (Å²) in [6.07, 6.45) is 7.69. The molecule has 1 aromatic heterocycles. The minimum absolute atomic E-state index is 0.152. The van der Waals surface area contributed by atoms with E-state index in [1.54, 1.807) is 0 Å². The molecule has 0 radical (unpaired) electrons. The first-order valence-electron chi connectivity index (χ1n) is 8.51. The number of nitrogens with zero attached hydrogens (tertiary/aromatic N) is 2. The maximum atomic E-state index is 12.5. The summed E-state index contributed by atoms with van der Waals surface area (Å²) >= 11 is 0. The van der Waals surface area contributed by atoms with E-state index < -0.39 is 5.60 Å². The summed E-state index contributed by atoms with van der Waals surface area (Å²) in [5, 5.41) is 3.59. The Balaban J connectivity index is 1.64. The molecular weight excluding hydrogens is 290 g/mol. The number of aryl methyl sites for hydroxylation is 1. The minimum atomic E-state index is -0.432. The van der Waals surface area contributed by atoms with Crippen LogP contribution in [0.4, 0.5) is 10.5 Å². The van der Waals surface area contributed by atoms with E-state index in [0.717, 1.165) is 36.9 Å². The number of fused-ring (bicyclic) bond motifs is 2. The van der Waals surface area contributed by atoms with Gasteiger partial charge in [0.15, 0.2) is 0 Å². The highest BCUT2D eigenvalue weighted by molar-refractivity contribution is 5.69. The third-order valence-corrected chi connectivity index (χ3v) is 4.58. The largest absolute Gasteiger partial charge is 0.444 e. The Morgan fingerprint density at radius 2 is 1.91 bits per heavy atom. The van der Waals surface area contributed by atoms with Crippen LogP contribution in [0.1, 0.15) is 52.0 Å². The molecular formula is C18H27N3O2. The molecule has 2 atom stereocenters. The molecule has 2 aliphatic heterocycles. The summed E-state index contributed by atoms with van der Waals surface area (Å²) in [5.74, 6) is 0. The third-order valence-electron chi connectivity index (χ3n) is 4.58. The molecule has 2 unspecified atom stereocenters. The highest BCUT2D eigenvalue weighted by Gasteiger charge is 2.44. The average molecular weight is 317 g/mol. The quantitative estimate of drug-likeness (QED) is 0.903. The van der Waals surface area contributed by atoms with Crippen LogP contribution in [0.15, 0.2) is 18.5 Å². The van der Waals surface area contributed by atoms with Crippen molar-refractivity contribution in [2.45, 2.75) is 77.1 Å². The molecule has 1 aromatic rings. The van der Waals surface area contributed by atoms with E-state index >= 15 is 0 Å². The van der Waals surface area contributed by atoms with Gasteiger partial charge >= 0.3 is 6.09 Å². The molecule has 5 nitrogen and oxygen atoms in total. The summed E-state index contributed by atoms with van der Waals surface area (Å²) in [7, 11) is 0. The monoisotopic (exact) mass is 317 g/mol. The lowest BCUT2D eigenvalue weighted by molar-refractivity contribution is 0.00684. The predicted molar refractivity (Wildman–Crippen MR) is 90.5 cm³/mol. The molecule has 1 N–H and O–H groups in total. The lowest BCUT2D eigenvalue weighted by Crippen LogP contribution is -2.51. The van der Waals surface area contributed by atoms with Crippen molar-refractivity contribution in [3.05, 3.63) is 24.0 Å². The van der Waals surface area contributed by atoms with Crippen molar-refractivity contribution in [3.63, 3.8) is 0 Å². The van der Waals surface area contributed by atoms with Crippen LogP contribution in [0.5, 0.6) is 0 Å². The maximum absolute atomic E-state index is 12.5. The van der Waals surface area contributed by atoms with E-state index in [0.29, 0.717) is 18.1 Å².